The van der Waals surface area contributed by atoms with E-state index in [2.05, 4.69) is 0 Å². The number of rotatable bonds is 7. The molecule has 0 saturated carbocycles. The van der Waals surface area contributed by atoms with Gasteiger partial charge in [-0.15, -0.1) is 0 Å². The van der Waals surface area contributed by atoms with Crippen LogP contribution < -0.4 is 0 Å². The third-order valence-electron chi connectivity index (χ3n) is 1.78. The van der Waals surface area contributed by atoms with E-state index in [0.29, 0.717) is 6.42 Å². The minimum atomic E-state index is -4.16. The second kappa shape index (κ2) is 6.32. The Kier molecular flexibility index (Phi) is 6.24. The SMILES string of the molecule is CCCCC(F)CCCS(=O)(=O)[O-]. The summed E-state index contributed by atoms with van der Waals surface area (Å²) in [6, 6.07) is 0. The quantitative estimate of drug-likeness (QED) is 0.604. The Hall–Kier alpha value is -0.160. The highest BCUT2D eigenvalue weighted by molar-refractivity contribution is 7.85. The van der Waals surface area contributed by atoms with Gasteiger partial charge >= 0.3 is 0 Å². The molecule has 13 heavy (non-hydrogen) atoms. The van der Waals surface area contributed by atoms with Crippen LogP contribution in [0.2, 0.25) is 0 Å². The van der Waals surface area contributed by atoms with Gasteiger partial charge in [0.05, 0.1) is 10.1 Å². The normalized spacial score (nSPS) is 14.4. The van der Waals surface area contributed by atoms with Crippen molar-refractivity contribution in [3.8, 4) is 0 Å². The average molecular weight is 211 g/mol. The first-order chi connectivity index (χ1) is 5.95. The molecule has 0 bridgehead atoms. The second-order valence-corrected chi connectivity index (χ2v) is 4.67. The molecule has 0 amide bonds. The van der Waals surface area contributed by atoms with Gasteiger partial charge in [-0.1, -0.05) is 19.8 Å². The number of hydrogen-bond acceptors (Lipinski definition) is 3. The number of unbranched alkanes of at least 4 members (excludes halogenated alkanes) is 1. The molecule has 0 N–H and O–H groups in total. The highest BCUT2D eigenvalue weighted by Crippen LogP contribution is 2.10. The van der Waals surface area contributed by atoms with E-state index in [1.807, 2.05) is 6.92 Å². The molecule has 80 valence electrons. The standard InChI is InChI=1S/C8H17FO3S/c1-2-3-5-8(9)6-4-7-13(10,11)12/h8H,2-7H2,1H3,(H,10,11,12)/p-1. The van der Waals surface area contributed by atoms with Crippen molar-refractivity contribution in [1.82, 2.24) is 0 Å². The molecule has 0 rings (SSSR count). The van der Waals surface area contributed by atoms with E-state index >= 15 is 0 Å². The topological polar surface area (TPSA) is 57.2 Å². The van der Waals surface area contributed by atoms with Crippen LogP contribution >= 0.6 is 0 Å². The van der Waals surface area contributed by atoms with Crippen LogP contribution in [0.15, 0.2) is 0 Å². The van der Waals surface area contributed by atoms with Crippen molar-refractivity contribution in [1.29, 1.82) is 0 Å². The van der Waals surface area contributed by atoms with E-state index in [0.717, 1.165) is 12.8 Å². The molecule has 0 aromatic rings. The van der Waals surface area contributed by atoms with Crippen LogP contribution in [-0.4, -0.2) is 24.9 Å². The Morgan fingerprint density at radius 1 is 1.31 bits per heavy atom. The minimum absolute atomic E-state index is 0.136. The number of hydrogen-bond donors (Lipinski definition) is 0. The van der Waals surface area contributed by atoms with Gasteiger partial charge < -0.3 is 4.55 Å². The van der Waals surface area contributed by atoms with Crippen molar-refractivity contribution < 1.29 is 17.4 Å². The summed E-state index contributed by atoms with van der Waals surface area (Å²) in [6.07, 6.45) is 1.57. The fourth-order valence-corrected chi connectivity index (χ4v) is 1.57. The van der Waals surface area contributed by atoms with Crippen molar-refractivity contribution in [3.63, 3.8) is 0 Å². The lowest BCUT2D eigenvalue weighted by atomic mass is 10.1. The van der Waals surface area contributed by atoms with Crippen LogP contribution in [0.25, 0.3) is 0 Å². The van der Waals surface area contributed by atoms with Gasteiger partial charge in [-0.25, -0.2) is 12.8 Å². The molecule has 0 aliphatic carbocycles. The highest BCUT2D eigenvalue weighted by Gasteiger charge is 2.06. The van der Waals surface area contributed by atoms with Crippen molar-refractivity contribution >= 4 is 10.1 Å². The number of halogens is 1. The van der Waals surface area contributed by atoms with E-state index in [1.54, 1.807) is 0 Å². The Bertz CT molecular complexity index is 213. The van der Waals surface area contributed by atoms with E-state index in [1.165, 1.54) is 0 Å². The average Bonchev–Trinajstić information content (AvgIpc) is 1.98. The second-order valence-electron chi connectivity index (χ2n) is 3.14. The Balaban J connectivity index is 3.42. The fraction of sp³-hybridized carbons (Fsp3) is 1.00. The maximum atomic E-state index is 12.9. The van der Waals surface area contributed by atoms with Gasteiger partial charge in [0.25, 0.3) is 0 Å². The van der Waals surface area contributed by atoms with Crippen molar-refractivity contribution in [2.24, 2.45) is 0 Å². The summed E-state index contributed by atoms with van der Waals surface area (Å²) >= 11 is 0. The van der Waals surface area contributed by atoms with Gasteiger partial charge in [0.2, 0.25) is 0 Å². The predicted molar refractivity (Wildman–Crippen MR) is 48.2 cm³/mol. The molecule has 0 aliphatic rings. The third kappa shape index (κ3) is 9.76. The highest BCUT2D eigenvalue weighted by atomic mass is 32.2. The van der Waals surface area contributed by atoms with Gasteiger partial charge in [0.15, 0.2) is 0 Å². The van der Waals surface area contributed by atoms with Crippen molar-refractivity contribution in [2.45, 2.75) is 45.2 Å². The smallest absolute Gasteiger partial charge is 0.100 e. The molecule has 0 saturated heterocycles. The largest absolute Gasteiger partial charge is 0.748 e. The molecule has 0 fully saturated rings. The molecule has 0 aromatic carbocycles. The van der Waals surface area contributed by atoms with E-state index in [-0.39, 0.29) is 12.8 Å². The van der Waals surface area contributed by atoms with Gasteiger partial charge in [0.1, 0.15) is 6.17 Å². The van der Waals surface area contributed by atoms with Crippen LogP contribution in [0.1, 0.15) is 39.0 Å². The van der Waals surface area contributed by atoms with Gasteiger partial charge in [-0.05, 0) is 19.3 Å². The molecule has 1 unspecified atom stereocenters. The fourth-order valence-electron chi connectivity index (χ4n) is 1.05. The summed E-state index contributed by atoms with van der Waals surface area (Å²) in [5, 5.41) is 0. The zero-order chi connectivity index (χ0) is 10.3. The van der Waals surface area contributed by atoms with E-state index in [4.69, 9.17) is 0 Å². The molecule has 5 heteroatoms. The van der Waals surface area contributed by atoms with Crippen LogP contribution in [0.5, 0.6) is 0 Å². The summed E-state index contributed by atoms with van der Waals surface area (Å²) < 4.78 is 43.3. The van der Waals surface area contributed by atoms with Crippen LogP contribution in [0.3, 0.4) is 0 Å². The zero-order valence-corrected chi connectivity index (χ0v) is 8.65. The molecule has 0 heterocycles. The van der Waals surface area contributed by atoms with Crippen molar-refractivity contribution in [2.75, 3.05) is 5.75 Å². The third-order valence-corrected chi connectivity index (χ3v) is 2.57. The minimum Gasteiger partial charge on any atom is -0.748 e. The summed E-state index contributed by atoms with van der Waals surface area (Å²) in [5.74, 6) is -0.445. The summed E-state index contributed by atoms with van der Waals surface area (Å²) in [6.45, 7) is 1.97. The van der Waals surface area contributed by atoms with Gasteiger partial charge in [-0.2, -0.15) is 0 Å². The zero-order valence-electron chi connectivity index (χ0n) is 7.83. The van der Waals surface area contributed by atoms with E-state index < -0.39 is 22.0 Å². The maximum absolute atomic E-state index is 12.9. The van der Waals surface area contributed by atoms with Gasteiger partial charge in [0, 0.05) is 5.75 Å². The first-order valence-electron chi connectivity index (χ1n) is 4.53. The molecule has 0 aromatic heterocycles. The summed E-state index contributed by atoms with van der Waals surface area (Å²) in [5.41, 5.74) is 0. The Morgan fingerprint density at radius 2 is 1.85 bits per heavy atom. The maximum Gasteiger partial charge on any atom is 0.100 e. The van der Waals surface area contributed by atoms with E-state index in [9.17, 15) is 17.4 Å². The lowest BCUT2D eigenvalue weighted by Crippen LogP contribution is -2.07. The Labute approximate surface area is 79.1 Å². The first-order valence-corrected chi connectivity index (χ1v) is 6.11. The molecular weight excluding hydrogens is 195 g/mol. The molecule has 0 spiro atoms. The molecule has 1 atom stereocenters. The number of alkyl halides is 1. The van der Waals surface area contributed by atoms with Gasteiger partial charge in [-0.3, -0.25) is 0 Å². The van der Waals surface area contributed by atoms with Crippen molar-refractivity contribution in [3.05, 3.63) is 0 Å². The predicted octanol–water partition coefficient (Wildman–Crippen LogP) is 1.84. The summed E-state index contributed by atoms with van der Waals surface area (Å²) in [4.78, 5) is 0. The lowest BCUT2D eigenvalue weighted by molar-refractivity contribution is 0.287. The van der Waals surface area contributed by atoms with Crippen LogP contribution in [-0.2, 0) is 10.1 Å². The lowest BCUT2D eigenvalue weighted by Gasteiger charge is -2.08. The Morgan fingerprint density at radius 3 is 2.31 bits per heavy atom. The van der Waals surface area contributed by atoms with Crippen LogP contribution in [0.4, 0.5) is 4.39 Å². The first kappa shape index (κ1) is 12.8. The van der Waals surface area contributed by atoms with Crippen LogP contribution in [0, 0.1) is 0 Å². The molecule has 3 nitrogen and oxygen atoms in total. The monoisotopic (exact) mass is 211 g/mol. The molecular formula is C8H16FO3S-. The molecule has 0 radical (unpaired) electrons. The summed E-state index contributed by atoms with van der Waals surface area (Å²) in [7, 11) is -4.16. The molecule has 0 aliphatic heterocycles.